The van der Waals surface area contributed by atoms with E-state index in [1.165, 1.54) is 0 Å². The van der Waals surface area contributed by atoms with Crippen LogP contribution in [0.4, 0.5) is 0 Å². The number of carboxylic acid groups (broad SMARTS) is 1. The topological polar surface area (TPSA) is 89.6 Å². The molecular formula is C11H7NO5. The molecule has 0 fully saturated rings. The molecule has 2 rings (SSSR count). The van der Waals surface area contributed by atoms with Gasteiger partial charge in [-0.1, -0.05) is 23.4 Å². The smallest absolute Gasteiger partial charge is 0.374 e. The lowest BCUT2D eigenvalue weighted by atomic mass is 10.3. The van der Waals surface area contributed by atoms with Gasteiger partial charge in [-0.2, -0.15) is 0 Å². The molecule has 6 nitrogen and oxygen atoms in total. The highest BCUT2D eigenvalue weighted by atomic mass is 16.5. The van der Waals surface area contributed by atoms with Crippen LogP contribution in [0.15, 0.2) is 40.9 Å². The van der Waals surface area contributed by atoms with Crippen LogP contribution >= 0.6 is 0 Å². The summed E-state index contributed by atoms with van der Waals surface area (Å²) in [5, 5.41) is 11.9. The SMILES string of the molecule is O=C(Oc1ccccc1)c1cc(C(=O)O)on1. The maximum atomic E-state index is 11.5. The first-order chi connectivity index (χ1) is 8.16. The third-order valence-corrected chi connectivity index (χ3v) is 1.88. The number of esters is 1. The molecule has 0 radical (unpaired) electrons. The van der Waals surface area contributed by atoms with Crippen LogP contribution in [0.1, 0.15) is 21.0 Å². The minimum Gasteiger partial charge on any atom is -0.475 e. The molecule has 0 atom stereocenters. The van der Waals surface area contributed by atoms with Gasteiger partial charge in [-0.05, 0) is 12.1 Å². The number of aromatic nitrogens is 1. The molecule has 86 valence electrons. The number of aromatic carboxylic acids is 1. The third-order valence-electron chi connectivity index (χ3n) is 1.88. The molecule has 0 saturated carbocycles. The highest BCUT2D eigenvalue weighted by molar-refractivity contribution is 5.92. The van der Waals surface area contributed by atoms with Crippen molar-refractivity contribution >= 4 is 11.9 Å². The Morgan fingerprint density at radius 1 is 1.24 bits per heavy atom. The van der Waals surface area contributed by atoms with Crippen LogP contribution in [-0.2, 0) is 0 Å². The van der Waals surface area contributed by atoms with Crippen LogP contribution in [0, 0.1) is 0 Å². The summed E-state index contributed by atoms with van der Waals surface area (Å²) in [6, 6.07) is 9.37. The Kier molecular flexibility index (Phi) is 2.87. The van der Waals surface area contributed by atoms with E-state index in [0.29, 0.717) is 5.75 Å². The summed E-state index contributed by atoms with van der Waals surface area (Å²) in [6.45, 7) is 0. The Hall–Kier alpha value is -2.63. The normalized spacial score (nSPS) is 9.88. The molecule has 0 spiro atoms. The first-order valence-electron chi connectivity index (χ1n) is 4.64. The first kappa shape index (κ1) is 10.9. The van der Waals surface area contributed by atoms with E-state index >= 15 is 0 Å². The average Bonchev–Trinajstić information content (AvgIpc) is 2.79. The number of hydrogen-bond donors (Lipinski definition) is 1. The van der Waals surface area contributed by atoms with Crippen molar-refractivity contribution < 1.29 is 24.0 Å². The number of nitrogens with zero attached hydrogens (tertiary/aromatic N) is 1. The number of rotatable bonds is 3. The van der Waals surface area contributed by atoms with Crippen molar-refractivity contribution in [3.05, 3.63) is 47.9 Å². The van der Waals surface area contributed by atoms with E-state index in [4.69, 9.17) is 9.84 Å². The summed E-state index contributed by atoms with van der Waals surface area (Å²) in [5.41, 5.74) is -0.189. The Bertz CT molecular complexity index is 546. The number of benzene rings is 1. The predicted octanol–water partition coefficient (Wildman–Crippen LogP) is 1.59. The largest absolute Gasteiger partial charge is 0.475 e. The van der Waals surface area contributed by atoms with Gasteiger partial charge in [-0.3, -0.25) is 0 Å². The zero-order valence-electron chi connectivity index (χ0n) is 8.49. The number of para-hydroxylation sites is 1. The maximum Gasteiger partial charge on any atom is 0.374 e. The number of carbonyl (C=O) groups excluding carboxylic acids is 1. The molecule has 6 heteroatoms. The summed E-state index contributed by atoms with van der Waals surface area (Å²) in [6.07, 6.45) is 0. The second-order valence-electron chi connectivity index (χ2n) is 3.08. The minimum absolute atomic E-state index is 0.189. The second kappa shape index (κ2) is 4.48. The average molecular weight is 233 g/mol. The van der Waals surface area contributed by atoms with Gasteiger partial charge < -0.3 is 14.4 Å². The Morgan fingerprint density at radius 3 is 2.53 bits per heavy atom. The zero-order chi connectivity index (χ0) is 12.3. The summed E-state index contributed by atoms with van der Waals surface area (Å²) in [4.78, 5) is 22.0. The van der Waals surface area contributed by atoms with Gasteiger partial charge in [0.15, 0.2) is 5.69 Å². The molecule has 0 amide bonds. The fourth-order valence-electron chi connectivity index (χ4n) is 1.12. The van der Waals surface area contributed by atoms with Gasteiger partial charge in [-0.15, -0.1) is 0 Å². The summed E-state index contributed by atoms with van der Waals surface area (Å²) >= 11 is 0. The van der Waals surface area contributed by atoms with Gasteiger partial charge in [0.05, 0.1) is 0 Å². The highest BCUT2D eigenvalue weighted by Crippen LogP contribution is 2.12. The van der Waals surface area contributed by atoms with E-state index in [1.54, 1.807) is 30.3 Å². The molecule has 1 heterocycles. The van der Waals surface area contributed by atoms with Crippen LogP contribution in [-0.4, -0.2) is 22.2 Å². The lowest BCUT2D eigenvalue weighted by Crippen LogP contribution is -2.08. The van der Waals surface area contributed by atoms with Crippen molar-refractivity contribution in [2.24, 2.45) is 0 Å². The Balaban J connectivity index is 2.12. The molecule has 2 aromatic rings. The van der Waals surface area contributed by atoms with Gasteiger partial charge in [0.2, 0.25) is 5.76 Å². The van der Waals surface area contributed by atoms with E-state index in [2.05, 4.69) is 9.68 Å². The van der Waals surface area contributed by atoms with Gasteiger partial charge >= 0.3 is 11.9 Å². The number of ether oxygens (including phenoxy) is 1. The second-order valence-corrected chi connectivity index (χ2v) is 3.08. The lowest BCUT2D eigenvalue weighted by Gasteiger charge is -1.99. The number of hydrogen-bond acceptors (Lipinski definition) is 5. The molecule has 0 bridgehead atoms. The van der Waals surface area contributed by atoms with E-state index in [-0.39, 0.29) is 5.69 Å². The van der Waals surface area contributed by atoms with Crippen LogP contribution in [0.2, 0.25) is 0 Å². The fourth-order valence-corrected chi connectivity index (χ4v) is 1.12. The van der Waals surface area contributed by atoms with Crippen molar-refractivity contribution in [2.75, 3.05) is 0 Å². The van der Waals surface area contributed by atoms with Crippen LogP contribution < -0.4 is 4.74 Å². The maximum absolute atomic E-state index is 11.5. The van der Waals surface area contributed by atoms with Crippen LogP contribution in [0.5, 0.6) is 5.75 Å². The van der Waals surface area contributed by atoms with Gasteiger partial charge in [0, 0.05) is 6.07 Å². The molecule has 0 saturated heterocycles. The predicted molar refractivity (Wildman–Crippen MR) is 54.9 cm³/mol. The van der Waals surface area contributed by atoms with Crippen molar-refractivity contribution in [3.8, 4) is 5.75 Å². The molecule has 0 aliphatic carbocycles. The highest BCUT2D eigenvalue weighted by Gasteiger charge is 2.18. The summed E-state index contributed by atoms with van der Waals surface area (Å²) in [7, 11) is 0. The van der Waals surface area contributed by atoms with Gasteiger partial charge in [0.25, 0.3) is 0 Å². The molecule has 1 aromatic carbocycles. The number of carboxylic acids is 1. The van der Waals surface area contributed by atoms with Gasteiger partial charge in [0.1, 0.15) is 5.75 Å². The van der Waals surface area contributed by atoms with Crippen LogP contribution in [0.3, 0.4) is 0 Å². The van der Waals surface area contributed by atoms with Crippen LogP contribution in [0.25, 0.3) is 0 Å². The van der Waals surface area contributed by atoms with Crippen molar-refractivity contribution in [3.63, 3.8) is 0 Å². The lowest BCUT2D eigenvalue weighted by molar-refractivity contribution is 0.0647. The molecule has 1 N–H and O–H groups in total. The molecular weight excluding hydrogens is 226 g/mol. The number of carbonyl (C=O) groups is 2. The molecule has 17 heavy (non-hydrogen) atoms. The molecule has 0 unspecified atom stereocenters. The van der Waals surface area contributed by atoms with E-state index in [1.807, 2.05) is 0 Å². The third kappa shape index (κ3) is 2.49. The summed E-state index contributed by atoms with van der Waals surface area (Å²) < 4.78 is 9.37. The van der Waals surface area contributed by atoms with Crippen molar-refractivity contribution in [2.45, 2.75) is 0 Å². The molecule has 0 aliphatic rings. The minimum atomic E-state index is -1.30. The quantitative estimate of drug-likeness (QED) is 0.639. The molecule has 1 aromatic heterocycles. The van der Waals surface area contributed by atoms with Crippen molar-refractivity contribution in [1.29, 1.82) is 0 Å². The fraction of sp³-hybridized carbons (Fsp3) is 0. The zero-order valence-corrected chi connectivity index (χ0v) is 8.49. The Labute approximate surface area is 95.4 Å². The standard InChI is InChI=1S/C11H7NO5/c13-10(14)9-6-8(12-17-9)11(15)16-7-4-2-1-3-5-7/h1-6H,(H,13,14). The molecule has 0 aliphatic heterocycles. The van der Waals surface area contributed by atoms with Gasteiger partial charge in [-0.25, -0.2) is 9.59 Å². The van der Waals surface area contributed by atoms with Crippen molar-refractivity contribution in [1.82, 2.24) is 5.16 Å². The Morgan fingerprint density at radius 2 is 1.94 bits per heavy atom. The van der Waals surface area contributed by atoms with E-state index < -0.39 is 17.7 Å². The van der Waals surface area contributed by atoms with E-state index in [0.717, 1.165) is 6.07 Å². The van der Waals surface area contributed by atoms with E-state index in [9.17, 15) is 9.59 Å². The first-order valence-corrected chi connectivity index (χ1v) is 4.64. The monoisotopic (exact) mass is 233 g/mol. The summed E-state index contributed by atoms with van der Waals surface area (Å²) in [5.74, 6) is -2.13.